The lowest BCUT2D eigenvalue weighted by molar-refractivity contribution is 0.0939. The van der Waals surface area contributed by atoms with Crippen molar-refractivity contribution in [3.05, 3.63) is 35.1 Å². The molecule has 0 bridgehead atoms. The highest BCUT2D eigenvalue weighted by Crippen LogP contribution is 2.29. The summed E-state index contributed by atoms with van der Waals surface area (Å²) in [5.74, 6) is -2.59. The standard InChI is InChI=1S/C14H18F3NO/c1-2-18-13(8-10-4-3-5-19-10)14-11(16)6-9(15)7-12(14)17/h6-7,10,13,18H,2-5,8H2,1H3. The highest BCUT2D eigenvalue weighted by Gasteiger charge is 2.26. The van der Waals surface area contributed by atoms with Crippen molar-refractivity contribution in [1.82, 2.24) is 5.32 Å². The monoisotopic (exact) mass is 273 g/mol. The van der Waals surface area contributed by atoms with Crippen LogP contribution in [0.5, 0.6) is 0 Å². The fourth-order valence-electron chi connectivity index (χ4n) is 2.53. The van der Waals surface area contributed by atoms with Gasteiger partial charge in [0.2, 0.25) is 0 Å². The largest absolute Gasteiger partial charge is 0.378 e. The minimum absolute atomic E-state index is 0.00732. The summed E-state index contributed by atoms with van der Waals surface area (Å²) in [6.45, 7) is 3.13. The van der Waals surface area contributed by atoms with E-state index in [9.17, 15) is 13.2 Å². The highest BCUT2D eigenvalue weighted by atomic mass is 19.1. The first-order valence-electron chi connectivity index (χ1n) is 6.61. The first-order valence-corrected chi connectivity index (χ1v) is 6.61. The van der Waals surface area contributed by atoms with E-state index in [2.05, 4.69) is 5.32 Å². The van der Waals surface area contributed by atoms with Crippen molar-refractivity contribution >= 4 is 0 Å². The third-order valence-corrected chi connectivity index (χ3v) is 3.37. The molecule has 0 radical (unpaired) electrons. The molecule has 2 nitrogen and oxygen atoms in total. The van der Waals surface area contributed by atoms with E-state index >= 15 is 0 Å². The molecular formula is C14H18F3NO. The molecule has 2 unspecified atom stereocenters. The van der Waals surface area contributed by atoms with E-state index in [4.69, 9.17) is 4.74 Å². The van der Waals surface area contributed by atoms with Crippen LogP contribution in [0, 0.1) is 17.5 Å². The summed E-state index contributed by atoms with van der Waals surface area (Å²) in [6, 6.07) is 0.949. The van der Waals surface area contributed by atoms with Crippen LogP contribution in [0.2, 0.25) is 0 Å². The molecule has 1 aromatic carbocycles. The average molecular weight is 273 g/mol. The second-order valence-electron chi connectivity index (χ2n) is 4.76. The molecule has 0 spiro atoms. The molecule has 2 rings (SSSR count). The van der Waals surface area contributed by atoms with Gasteiger partial charge in [0.1, 0.15) is 17.5 Å². The zero-order valence-corrected chi connectivity index (χ0v) is 10.9. The van der Waals surface area contributed by atoms with Crippen molar-refractivity contribution in [3.8, 4) is 0 Å². The van der Waals surface area contributed by atoms with Crippen LogP contribution in [0.15, 0.2) is 12.1 Å². The van der Waals surface area contributed by atoms with Crippen LogP contribution in [-0.2, 0) is 4.74 Å². The van der Waals surface area contributed by atoms with Crippen molar-refractivity contribution in [2.75, 3.05) is 13.2 Å². The van der Waals surface area contributed by atoms with Gasteiger partial charge in [-0.05, 0) is 25.8 Å². The fraction of sp³-hybridized carbons (Fsp3) is 0.571. The third-order valence-electron chi connectivity index (χ3n) is 3.37. The zero-order valence-electron chi connectivity index (χ0n) is 10.9. The predicted octanol–water partition coefficient (Wildman–Crippen LogP) is 3.32. The maximum atomic E-state index is 13.8. The number of nitrogens with one attached hydrogen (secondary N) is 1. The Bertz CT molecular complexity index is 410. The van der Waals surface area contributed by atoms with Crippen LogP contribution in [0.1, 0.15) is 37.8 Å². The highest BCUT2D eigenvalue weighted by molar-refractivity contribution is 5.24. The van der Waals surface area contributed by atoms with Gasteiger partial charge in [-0.1, -0.05) is 6.92 Å². The van der Waals surface area contributed by atoms with E-state index in [1.807, 2.05) is 6.92 Å². The number of ether oxygens (including phenoxy) is 1. The van der Waals surface area contributed by atoms with Gasteiger partial charge >= 0.3 is 0 Å². The predicted molar refractivity (Wildman–Crippen MR) is 66.3 cm³/mol. The van der Waals surface area contributed by atoms with E-state index in [-0.39, 0.29) is 11.7 Å². The maximum Gasteiger partial charge on any atom is 0.133 e. The lowest BCUT2D eigenvalue weighted by Gasteiger charge is -2.22. The zero-order chi connectivity index (χ0) is 13.8. The Hall–Kier alpha value is -1.07. The van der Waals surface area contributed by atoms with Gasteiger partial charge < -0.3 is 10.1 Å². The van der Waals surface area contributed by atoms with Crippen LogP contribution in [-0.4, -0.2) is 19.3 Å². The molecule has 19 heavy (non-hydrogen) atoms. The summed E-state index contributed by atoms with van der Waals surface area (Å²) >= 11 is 0. The molecule has 0 saturated carbocycles. The van der Waals surface area contributed by atoms with Crippen LogP contribution in [0.4, 0.5) is 13.2 Å². The van der Waals surface area contributed by atoms with E-state index in [0.717, 1.165) is 25.0 Å². The van der Waals surface area contributed by atoms with Gasteiger partial charge in [-0.15, -0.1) is 0 Å². The summed E-state index contributed by atoms with van der Waals surface area (Å²) < 4.78 is 46.0. The first kappa shape index (κ1) is 14.3. The third kappa shape index (κ3) is 3.48. The van der Waals surface area contributed by atoms with Gasteiger partial charge in [0.25, 0.3) is 0 Å². The summed E-state index contributed by atoms with van der Waals surface area (Å²) in [5, 5.41) is 3.04. The summed E-state index contributed by atoms with van der Waals surface area (Å²) in [6.07, 6.45) is 2.37. The Morgan fingerprint density at radius 1 is 1.32 bits per heavy atom. The van der Waals surface area contributed by atoms with Crippen molar-refractivity contribution in [2.24, 2.45) is 0 Å². The van der Waals surface area contributed by atoms with Crippen LogP contribution >= 0.6 is 0 Å². The number of halogens is 3. The molecule has 0 aromatic heterocycles. The SMILES string of the molecule is CCNC(CC1CCCO1)c1c(F)cc(F)cc1F. The Balaban J connectivity index is 2.22. The molecule has 1 N–H and O–H groups in total. The Morgan fingerprint density at radius 2 is 2.00 bits per heavy atom. The molecule has 0 aliphatic carbocycles. The minimum atomic E-state index is -0.897. The Labute approximate surface area is 111 Å². The lowest BCUT2D eigenvalue weighted by atomic mass is 9.98. The summed E-state index contributed by atoms with van der Waals surface area (Å²) in [7, 11) is 0. The molecule has 0 amide bonds. The molecule has 1 aromatic rings. The summed E-state index contributed by atoms with van der Waals surface area (Å²) in [4.78, 5) is 0. The van der Waals surface area contributed by atoms with E-state index in [1.54, 1.807) is 0 Å². The lowest BCUT2D eigenvalue weighted by Crippen LogP contribution is -2.27. The second kappa shape index (κ2) is 6.39. The molecule has 5 heteroatoms. The molecule has 1 fully saturated rings. The van der Waals surface area contributed by atoms with Gasteiger partial charge in [-0.2, -0.15) is 0 Å². The average Bonchev–Trinajstić information content (AvgIpc) is 2.80. The smallest absolute Gasteiger partial charge is 0.133 e. The molecule has 1 saturated heterocycles. The quantitative estimate of drug-likeness (QED) is 0.888. The van der Waals surface area contributed by atoms with E-state index < -0.39 is 23.5 Å². The van der Waals surface area contributed by atoms with Crippen LogP contribution in [0.3, 0.4) is 0 Å². The van der Waals surface area contributed by atoms with Gasteiger partial charge in [-0.3, -0.25) is 0 Å². The van der Waals surface area contributed by atoms with E-state index in [1.165, 1.54) is 0 Å². The topological polar surface area (TPSA) is 21.3 Å². The normalized spacial score (nSPS) is 20.7. The fourth-order valence-corrected chi connectivity index (χ4v) is 2.53. The molecule has 1 heterocycles. The van der Waals surface area contributed by atoms with Crippen LogP contribution in [0.25, 0.3) is 0 Å². The number of hydrogen-bond donors (Lipinski definition) is 1. The second-order valence-corrected chi connectivity index (χ2v) is 4.76. The van der Waals surface area contributed by atoms with Gasteiger partial charge in [0.05, 0.1) is 6.10 Å². The first-order chi connectivity index (χ1) is 9.11. The van der Waals surface area contributed by atoms with Crippen molar-refractivity contribution in [1.29, 1.82) is 0 Å². The number of benzene rings is 1. The number of hydrogen-bond acceptors (Lipinski definition) is 2. The van der Waals surface area contributed by atoms with Gasteiger partial charge in [0.15, 0.2) is 0 Å². The molecule has 1 aliphatic rings. The van der Waals surface area contributed by atoms with E-state index in [0.29, 0.717) is 19.6 Å². The Morgan fingerprint density at radius 3 is 2.53 bits per heavy atom. The minimum Gasteiger partial charge on any atom is -0.378 e. The molecular weight excluding hydrogens is 255 g/mol. The van der Waals surface area contributed by atoms with Gasteiger partial charge in [0, 0.05) is 30.3 Å². The molecule has 1 aliphatic heterocycles. The summed E-state index contributed by atoms with van der Waals surface area (Å²) in [5.41, 5.74) is -0.0984. The molecule has 106 valence electrons. The van der Waals surface area contributed by atoms with Crippen LogP contribution < -0.4 is 5.32 Å². The van der Waals surface area contributed by atoms with Gasteiger partial charge in [-0.25, -0.2) is 13.2 Å². The maximum absolute atomic E-state index is 13.8. The van der Waals surface area contributed by atoms with Crippen molar-refractivity contribution in [2.45, 2.75) is 38.3 Å². The number of rotatable bonds is 5. The van der Waals surface area contributed by atoms with Crippen molar-refractivity contribution < 1.29 is 17.9 Å². The van der Waals surface area contributed by atoms with Crippen molar-refractivity contribution in [3.63, 3.8) is 0 Å². The Kier molecular flexibility index (Phi) is 4.82. The molecule has 2 atom stereocenters.